The van der Waals surface area contributed by atoms with Crippen molar-refractivity contribution in [2.45, 2.75) is 27.7 Å². The quantitative estimate of drug-likeness (QED) is 0.231. The standard InChI is InChI=1S/C28H30N4O5/c1-5-36-25-15-21(16-29-32-28(35)27(34)31-23-9-7-6-8-19(23)3)11-13-24(25)37-17-26(33)30-22-12-10-18(2)20(4)14-22/h6-16H,5,17H2,1-4H3,(H,30,33)(H,31,34)(H,32,35)/b29-16+. The Labute approximate surface area is 215 Å². The first kappa shape index (κ1) is 26.9. The predicted octanol–water partition coefficient (Wildman–Crippen LogP) is 4.12. The van der Waals surface area contributed by atoms with Gasteiger partial charge in [-0.25, -0.2) is 5.43 Å². The summed E-state index contributed by atoms with van der Waals surface area (Å²) in [6.45, 7) is 7.81. The average Bonchev–Trinajstić information content (AvgIpc) is 2.87. The molecule has 192 valence electrons. The molecule has 0 aromatic heterocycles. The highest BCUT2D eigenvalue weighted by molar-refractivity contribution is 6.39. The maximum Gasteiger partial charge on any atom is 0.329 e. The highest BCUT2D eigenvalue weighted by Gasteiger charge is 2.14. The number of carbonyl (C=O) groups excluding carboxylic acids is 3. The Kier molecular flexibility index (Phi) is 9.37. The summed E-state index contributed by atoms with van der Waals surface area (Å²) in [7, 11) is 0. The Balaban J connectivity index is 1.56. The summed E-state index contributed by atoms with van der Waals surface area (Å²) < 4.78 is 11.3. The molecule has 9 nitrogen and oxygen atoms in total. The molecule has 0 spiro atoms. The number of benzene rings is 3. The minimum absolute atomic E-state index is 0.202. The van der Waals surface area contributed by atoms with Gasteiger partial charge in [0.1, 0.15) is 0 Å². The third kappa shape index (κ3) is 7.93. The first-order chi connectivity index (χ1) is 17.8. The summed E-state index contributed by atoms with van der Waals surface area (Å²) >= 11 is 0. The third-order valence-corrected chi connectivity index (χ3v) is 5.40. The van der Waals surface area contributed by atoms with Crippen LogP contribution < -0.4 is 25.5 Å². The van der Waals surface area contributed by atoms with E-state index in [-0.39, 0.29) is 12.5 Å². The van der Waals surface area contributed by atoms with Crippen molar-refractivity contribution in [1.29, 1.82) is 0 Å². The molecule has 0 fully saturated rings. The summed E-state index contributed by atoms with van der Waals surface area (Å²) in [5, 5.41) is 9.20. The number of hydrazone groups is 1. The molecule has 0 atom stereocenters. The van der Waals surface area contributed by atoms with Crippen molar-refractivity contribution in [2.75, 3.05) is 23.8 Å². The van der Waals surface area contributed by atoms with Gasteiger partial charge in [0.15, 0.2) is 18.1 Å². The zero-order valence-electron chi connectivity index (χ0n) is 21.3. The topological polar surface area (TPSA) is 118 Å². The van der Waals surface area contributed by atoms with Crippen LogP contribution in [0.1, 0.15) is 29.2 Å². The van der Waals surface area contributed by atoms with Crippen LogP contribution >= 0.6 is 0 Å². The number of anilines is 2. The van der Waals surface area contributed by atoms with E-state index in [1.165, 1.54) is 6.21 Å². The van der Waals surface area contributed by atoms with Crippen molar-refractivity contribution in [1.82, 2.24) is 5.43 Å². The number of hydrogen-bond acceptors (Lipinski definition) is 6. The molecule has 37 heavy (non-hydrogen) atoms. The van der Waals surface area contributed by atoms with Gasteiger partial charge in [-0.3, -0.25) is 14.4 Å². The molecule has 0 unspecified atom stereocenters. The van der Waals surface area contributed by atoms with E-state index in [2.05, 4.69) is 21.2 Å². The molecule has 0 heterocycles. The number of nitrogens with zero attached hydrogens (tertiary/aromatic N) is 1. The highest BCUT2D eigenvalue weighted by Crippen LogP contribution is 2.28. The van der Waals surface area contributed by atoms with Gasteiger partial charge in [0.25, 0.3) is 5.91 Å². The molecular formula is C28H30N4O5. The Hall–Kier alpha value is -4.66. The van der Waals surface area contributed by atoms with E-state index in [9.17, 15) is 14.4 Å². The third-order valence-electron chi connectivity index (χ3n) is 5.40. The van der Waals surface area contributed by atoms with Gasteiger partial charge in [-0.05, 0) is 86.3 Å². The van der Waals surface area contributed by atoms with Gasteiger partial charge in [0.05, 0.1) is 12.8 Å². The second-order valence-corrected chi connectivity index (χ2v) is 8.24. The van der Waals surface area contributed by atoms with Crippen LogP contribution in [0.25, 0.3) is 0 Å². The molecule has 3 rings (SSSR count). The first-order valence-corrected chi connectivity index (χ1v) is 11.7. The van der Waals surface area contributed by atoms with Crippen molar-refractivity contribution in [3.05, 3.63) is 82.9 Å². The maximum atomic E-state index is 12.3. The van der Waals surface area contributed by atoms with Gasteiger partial charge in [-0.2, -0.15) is 5.10 Å². The molecule has 0 aliphatic rings. The summed E-state index contributed by atoms with van der Waals surface area (Å²) in [5.74, 6) is -1.24. The lowest BCUT2D eigenvalue weighted by Gasteiger charge is -2.13. The Morgan fingerprint density at radius 1 is 0.811 bits per heavy atom. The average molecular weight is 503 g/mol. The van der Waals surface area contributed by atoms with E-state index in [1.807, 2.05) is 58.0 Å². The Morgan fingerprint density at radius 2 is 1.59 bits per heavy atom. The molecule has 0 bridgehead atoms. The number of ether oxygens (including phenoxy) is 2. The highest BCUT2D eigenvalue weighted by atomic mass is 16.5. The van der Waals surface area contributed by atoms with Crippen LogP contribution in [-0.4, -0.2) is 37.1 Å². The number of amides is 3. The Morgan fingerprint density at radius 3 is 2.32 bits per heavy atom. The zero-order valence-corrected chi connectivity index (χ0v) is 21.3. The van der Waals surface area contributed by atoms with E-state index >= 15 is 0 Å². The lowest BCUT2D eigenvalue weighted by Crippen LogP contribution is -2.32. The van der Waals surface area contributed by atoms with Crippen molar-refractivity contribution in [2.24, 2.45) is 5.10 Å². The van der Waals surface area contributed by atoms with Gasteiger partial charge in [-0.15, -0.1) is 0 Å². The summed E-state index contributed by atoms with van der Waals surface area (Å²) in [6.07, 6.45) is 1.37. The number of nitrogens with one attached hydrogen (secondary N) is 3. The van der Waals surface area contributed by atoms with Crippen LogP contribution in [0.3, 0.4) is 0 Å². The molecule has 0 aliphatic carbocycles. The van der Waals surface area contributed by atoms with Crippen LogP contribution in [-0.2, 0) is 14.4 Å². The molecule has 3 amide bonds. The number of hydrogen-bond donors (Lipinski definition) is 3. The van der Waals surface area contributed by atoms with Crippen molar-refractivity contribution in [3.8, 4) is 11.5 Å². The SMILES string of the molecule is CCOc1cc(/C=N/NC(=O)C(=O)Nc2ccccc2C)ccc1OCC(=O)Nc1ccc(C)c(C)c1. The molecular weight excluding hydrogens is 472 g/mol. The fourth-order valence-electron chi connectivity index (χ4n) is 3.26. The maximum absolute atomic E-state index is 12.3. The largest absolute Gasteiger partial charge is 0.490 e. The molecule has 3 aromatic rings. The van der Waals surface area contributed by atoms with Gasteiger partial charge in [0, 0.05) is 11.4 Å². The van der Waals surface area contributed by atoms with Gasteiger partial charge >= 0.3 is 11.8 Å². The minimum Gasteiger partial charge on any atom is -0.490 e. The van der Waals surface area contributed by atoms with E-state index in [4.69, 9.17) is 9.47 Å². The smallest absolute Gasteiger partial charge is 0.329 e. The van der Waals surface area contributed by atoms with Gasteiger partial charge in [-0.1, -0.05) is 24.3 Å². The molecule has 3 N–H and O–H groups in total. The normalized spacial score (nSPS) is 10.6. The summed E-state index contributed by atoms with van der Waals surface area (Å²) in [6, 6.07) is 17.8. The van der Waals surface area contributed by atoms with Gasteiger partial charge < -0.3 is 20.1 Å². The van der Waals surface area contributed by atoms with Gasteiger partial charge in [0.2, 0.25) is 0 Å². The molecule has 3 aromatic carbocycles. The Bertz CT molecular complexity index is 1320. The summed E-state index contributed by atoms with van der Waals surface area (Å²) in [4.78, 5) is 36.5. The van der Waals surface area contributed by atoms with Crippen molar-refractivity contribution >= 4 is 35.3 Å². The van der Waals surface area contributed by atoms with E-state index < -0.39 is 11.8 Å². The van der Waals surface area contributed by atoms with E-state index in [0.29, 0.717) is 35.0 Å². The zero-order chi connectivity index (χ0) is 26.8. The molecule has 0 saturated heterocycles. The second-order valence-electron chi connectivity index (χ2n) is 8.24. The van der Waals surface area contributed by atoms with Crippen LogP contribution in [0.15, 0.2) is 65.8 Å². The predicted molar refractivity (Wildman–Crippen MR) is 143 cm³/mol. The number of para-hydroxylation sites is 1. The van der Waals surface area contributed by atoms with E-state index in [1.54, 1.807) is 30.3 Å². The number of aryl methyl sites for hydroxylation is 3. The van der Waals surface area contributed by atoms with Crippen LogP contribution in [0.4, 0.5) is 11.4 Å². The number of carbonyl (C=O) groups is 3. The van der Waals surface area contributed by atoms with E-state index in [0.717, 1.165) is 16.7 Å². The number of rotatable bonds is 9. The van der Waals surface area contributed by atoms with Crippen molar-refractivity contribution in [3.63, 3.8) is 0 Å². The fraction of sp³-hybridized carbons (Fsp3) is 0.214. The second kappa shape index (κ2) is 12.9. The monoisotopic (exact) mass is 502 g/mol. The minimum atomic E-state index is -0.903. The lowest BCUT2D eigenvalue weighted by molar-refractivity contribution is -0.136. The fourth-order valence-corrected chi connectivity index (χ4v) is 3.26. The molecule has 9 heteroatoms. The molecule has 0 saturated carbocycles. The first-order valence-electron chi connectivity index (χ1n) is 11.7. The van der Waals surface area contributed by atoms with Crippen molar-refractivity contribution < 1.29 is 23.9 Å². The van der Waals surface area contributed by atoms with Crippen LogP contribution in [0.2, 0.25) is 0 Å². The summed E-state index contributed by atoms with van der Waals surface area (Å²) in [5.41, 5.74) is 7.10. The molecule has 0 radical (unpaired) electrons. The van der Waals surface area contributed by atoms with Crippen LogP contribution in [0, 0.1) is 20.8 Å². The van der Waals surface area contributed by atoms with Crippen LogP contribution in [0.5, 0.6) is 11.5 Å². The molecule has 0 aliphatic heterocycles. The lowest BCUT2D eigenvalue weighted by atomic mass is 10.1.